The van der Waals surface area contributed by atoms with Crippen LogP contribution in [0.1, 0.15) is 51.2 Å². The van der Waals surface area contributed by atoms with Crippen LogP contribution in [0, 0.1) is 0 Å². The van der Waals surface area contributed by atoms with Crippen molar-refractivity contribution >= 4 is 12.1 Å². The molecule has 0 saturated heterocycles. The molecule has 1 atom stereocenters. The molecule has 0 heterocycles. The molecule has 1 amide bonds. The molecule has 5 nitrogen and oxygen atoms in total. The van der Waals surface area contributed by atoms with Crippen LogP contribution in [0.15, 0.2) is 48.5 Å². The lowest BCUT2D eigenvalue weighted by Crippen LogP contribution is -2.37. The summed E-state index contributed by atoms with van der Waals surface area (Å²) in [6.45, 7) is 7.45. The summed E-state index contributed by atoms with van der Waals surface area (Å²) in [7, 11) is 0. The van der Waals surface area contributed by atoms with Crippen LogP contribution in [-0.4, -0.2) is 30.3 Å². The van der Waals surface area contributed by atoms with Gasteiger partial charge in [0, 0.05) is 12.0 Å². The number of alkyl carbamates (subject to hydrolysis) is 1. The highest BCUT2D eigenvalue weighted by molar-refractivity contribution is 5.79. The van der Waals surface area contributed by atoms with Crippen LogP contribution in [0.5, 0.6) is 0 Å². The number of ether oxygens (including phenoxy) is 2. The van der Waals surface area contributed by atoms with Gasteiger partial charge in [0.2, 0.25) is 0 Å². The molecule has 0 aliphatic heterocycles. The second kappa shape index (κ2) is 8.05. The maximum Gasteiger partial charge on any atom is 0.407 e. The van der Waals surface area contributed by atoms with E-state index in [1.54, 1.807) is 6.92 Å². The third-order valence-corrected chi connectivity index (χ3v) is 4.60. The standard InChI is InChI=1S/C23H27NO4/c1-15(13-21(25)28-23(2,3)4)24-22(26)27-14-20-18-11-7-5-9-16(18)17-10-6-8-12-19(17)20/h5-12,15,20H,13-14H2,1-4H3,(H,24,26). The van der Waals surface area contributed by atoms with Crippen LogP contribution in [-0.2, 0) is 14.3 Å². The van der Waals surface area contributed by atoms with E-state index in [0.717, 1.165) is 0 Å². The Labute approximate surface area is 166 Å². The zero-order valence-electron chi connectivity index (χ0n) is 16.8. The molecule has 1 aliphatic rings. The molecule has 0 radical (unpaired) electrons. The van der Waals surface area contributed by atoms with E-state index in [1.165, 1.54) is 22.3 Å². The summed E-state index contributed by atoms with van der Waals surface area (Å²) in [5, 5.41) is 2.71. The molecule has 1 aliphatic carbocycles. The molecule has 1 unspecified atom stereocenters. The quantitative estimate of drug-likeness (QED) is 0.766. The number of nitrogens with one attached hydrogen (secondary N) is 1. The summed E-state index contributed by atoms with van der Waals surface area (Å²) in [4.78, 5) is 24.1. The van der Waals surface area contributed by atoms with Gasteiger partial charge in [0.25, 0.3) is 0 Å². The van der Waals surface area contributed by atoms with Gasteiger partial charge in [-0.05, 0) is 49.9 Å². The van der Waals surface area contributed by atoms with E-state index in [4.69, 9.17) is 9.47 Å². The number of benzene rings is 2. The third kappa shape index (κ3) is 4.71. The average molecular weight is 381 g/mol. The lowest BCUT2D eigenvalue weighted by Gasteiger charge is -2.21. The minimum Gasteiger partial charge on any atom is -0.460 e. The maximum absolute atomic E-state index is 12.2. The van der Waals surface area contributed by atoms with Crippen LogP contribution in [0.2, 0.25) is 0 Å². The molecule has 2 aromatic carbocycles. The number of carbonyl (C=O) groups is 2. The molecular weight excluding hydrogens is 354 g/mol. The Morgan fingerprint density at radius 3 is 2.07 bits per heavy atom. The molecule has 1 N–H and O–H groups in total. The summed E-state index contributed by atoms with van der Waals surface area (Å²) in [6, 6.07) is 16.0. The minimum absolute atomic E-state index is 0.0133. The molecular formula is C23H27NO4. The SMILES string of the molecule is CC(CC(=O)OC(C)(C)C)NC(=O)OCC1c2ccccc2-c2ccccc21. The Hall–Kier alpha value is -2.82. The number of carbonyl (C=O) groups excluding carboxylic acids is 2. The van der Waals surface area contributed by atoms with Crippen molar-refractivity contribution in [2.45, 2.75) is 51.7 Å². The van der Waals surface area contributed by atoms with Crippen molar-refractivity contribution in [3.8, 4) is 11.1 Å². The average Bonchev–Trinajstić information content (AvgIpc) is 2.92. The van der Waals surface area contributed by atoms with Crippen LogP contribution in [0.4, 0.5) is 4.79 Å². The molecule has 28 heavy (non-hydrogen) atoms. The fourth-order valence-corrected chi connectivity index (χ4v) is 3.53. The highest BCUT2D eigenvalue weighted by atomic mass is 16.6. The van der Waals surface area contributed by atoms with E-state index >= 15 is 0 Å². The van der Waals surface area contributed by atoms with Crippen molar-refractivity contribution < 1.29 is 19.1 Å². The summed E-state index contributed by atoms with van der Waals surface area (Å²) in [5.74, 6) is -0.335. The van der Waals surface area contributed by atoms with Crippen LogP contribution < -0.4 is 5.32 Å². The summed E-state index contributed by atoms with van der Waals surface area (Å²) < 4.78 is 10.8. The van der Waals surface area contributed by atoms with E-state index in [2.05, 4.69) is 29.6 Å². The van der Waals surface area contributed by atoms with Crippen molar-refractivity contribution in [1.82, 2.24) is 5.32 Å². The lowest BCUT2D eigenvalue weighted by molar-refractivity contribution is -0.155. The fraction of sp³-hybridized carbons (Fsp3) is 0.391. The van der Waals surface area contributed by atoms with E-state index < -0.39 is 11.7 Å². The fourth-order valence-electron chi connectivity index (χ4n) is 3.53. The van der Waals surface area contributed by atoms with Crippen molar-refractivity contribution in [3.05, 3.63) is 59.7 Å². The van der Waals surface area contributed by atoms with E-state index in [9.17, 15) is 9.59 Å². The van der Waals surface area contributed by atoms with Gasteiger partial charge in [-0.2, -0.15) is 0 Å². The Balaban J connectivity index is 1.57. The van der Waals surface area contributed by atoms with Crippen molar-refractivity contribution in [2.75, 3.05) is 6.61 Å². The molecule has 2 aromatic rings. The largest absolute Gasteiger partial charge is 0.460 e. The molecule has 0 spiro atoms. The summed E-state index contributed by atoms with van der Waals surface area (Å²) >= 11 is 0. The molecule has 3 rings (SSSR count). The smallest absolute Gasteiger partial charge is 0.407 e. The predicted octanol–water partition coefficient (Wildman–Crippen LogP) is 4.65. The first-order chi connectivity index (χ1) is 13.2. The van der Waals surface area contributed by atoms with Gasteiger partial charge in [-0.15, -0.1) is 0 Å². The van der Waals surface area contributed by atoms with Gasteiger partial charge >= 0.3 is 12.1 Å². The van der Waals surface area contributed by atoms with E-state index in [1.807, 2.05) is 45.0 Å². The minimum atomic E-state index is -0.541. The monoisotopic (exact) mass is 381 g/mol. The van der Waals surface area contributed by atoms with Crippen molar-refractivity contribution in [3.63, 3.8) is 0 Å². The highest BCUT2D eigenvalue weighted by Gasteiger charge is 2.29. The Morgan fingerprint density at radius 2 is 1.54 bits per heavy atom. The van der Waals surface area contributed by atoms with Crippen molar-refractivity contribution in [2.24, 2.45) is 0 Å². The van der Waals surface area contributed by atoms with Crippen LogP contribution in [0.25, 0.3) is 11.1 Å². The number of fused-ring (bicyclic) bond motifs is 3. The number of esters is 1. The molecule has 5 heteroatoms. The molecule has 0 aromatic heterocycles. The summed E-state index contributed by atoms with van der Waals surface area (Å²) in [5.41, 5.74) is 4.16. The maximum atomic E-state index is 12.2. The summed E-state index contributed by atoms with van der Waals surface area (Å²) in [6.07, 6.45) is -0.431. The van der Waals surface area contributed by atoms with Gasteiger partial charge < -0.3 is 14.8 Å². The third-order valence-electron chi connectivity index (χ3n) is 4.60. The Kier molecular flexibility index (Phi) is 5.73. The topological polar surface area (TPSA) is 64.6 Å². The molecule has 148 valence electrons. The van der Waals surface area contributed by atoms with E-state index in [0.29, 0.717) is 0 Å². The molecule has 0 fully saturated rings. The zero-order chi connectivity index (χ0) is 20.3. The number of hydrogen-bond acceptors (Lipinski definition) is 4. The normalized spacial score (nSPS) is 14.0. The van der Waals surface area contributed by atoms with Gasteiger partial charge in [-0.3, -0.25) is 4.79 Å². The zero-order valence-corrected chi connectivity index (χ0v) is 16.8. The Bertz CT molecular complexity index is 823. The van der Waals surface area contributed by atoms with Gasteiger partial charge in [0.1, 0.15) is 12.2 Å². The highest BCUT2D eigenvalue weighted by Crippen LogP contribution is 2.44. The predicted molar refractivity (Wildman–Crippen MR) is 108 cm³/mol. The van der Waals surface area contributed by atoms with Crippen molar-refractivity contribution in [1.29, 1.82) is 0 Å². The number of rotatable bonds is 5. The Morgan fingerprint density at radius 1 is 1.00 bits per heavy atom. The van der Waals surface area contributed by atoms with E-state index in [-0.39, 0.29) is 31.0 Å². The van der Waals surface area contributed by atoms with Crippen LogP contribution in [0.3, 0.4) is 0 Å². The van der Waals surface area contributed by atoms with Gasteiger partial charge in [-0.1, -0.05) is 48.5 Å². The van der Waals surface area contributed by atoms with Gasteiger partial charge in [0.05, 0.1) is 6.42 Å². The lowest BCUT2D eigenvalue weighted by atomic mass is 9.98. The van der Waals surface area contributed by atoms with Gasteiger partial charge in [0.15, 0.2) is 0 Å². The first-order valence-corrected chi connectivity index (χ1v) is 9.58. The molecule has 0 saturated carbocycles. The number of hydrogen-bond donors (Lipinski definition) is 1. The number of amides is 1. The first-order valence-electron chi connectivity index (χ1n) is 9.58. The van der Waals surface area contributed by atoms with Crippen LogP contribution >= 0.6 is 0 Å². The first kappa shape index (κ1) is 19.9. The second-order valence-corrected chi connectivity index (χ2v) is 8.16. The molecule has 0 bridgehead atoms. The second-order valence-electron chi connectivity index (χ2n) is 8.16. The van der Waals surface area contributed by atoms with Gasteiger partial charge in [-0.25, -0.2) is 4.79 Å².